The number of aromatic nitrogens is 4. The van der Waals surface area contributed by atoms with Gasteiger partial charge in [0, 0.05) is 98.3 Å². The number of nitrogens with two attached hydrogens (primary N) is 1. The van der Waals surface area contributed by atoms with Crippen LogP contribution >= 0.6 is 0 Å². The topological polar surface area (TPSA) is 150 Å². The molecule has 2 aromatic carbocycles. The molecule has 4 atom stereocenters. The second kappa shape index (κ2) is 24.2. The molecule has 2 saturated heterocycles. The maximum Gasteiger partial charge on any atom is 0.295 e. The molecule has 8 rings (SSSR count). The monoisotopic (exact) mass is 961 g/mol. The number of rotatable bonds is 22. The van der Waals surface area contributed by atoms with Gasteiger partial charge in [-0.2, -0.15) is 0 Å². The van der Waals surface area contributed by atoms with Crippen LogP contribution in [0.25, 0.3) is 0 Å². The molecular formula is C50H74F2N8O5Si2. The molecule has 0 bridgehead atoms. The second-order valence-electron chi connectivity index (χ2n) is 20.9. The molecule has 366 valence electrons. The van der Waals surface area contributed by atoms with Gasteiger partial charge < -0.3 is 35.1 Å². The smallest absolute Gasteiger partial charge is 0.295 e. The van der Waals surface area contributed by atoms with Crippen LogP contribution in [-0.2, 0) is 40.6 Å². The van der Waals surface area contributed by atoms with Crippen molar-refractivity contribution in [2.45, 2.75) is 140 Å². The number of ether oxygens (including phenoxy) is 2. The number of carbonyl (C=O) groups is 1. The summed E-state index contributed by atoms with van der Waals surface area (Å²) in [6.45, 7) is 20.2. The number of carbonyl (C=O) groups excluding carboxylic acids is 1. The Kier molecular flexibility index (Phi) is 18.8. The molecule has 3 N–H and O–H groups in total. The SMILES string of the molecule is C[Si](C)(C)CCOCn1cc(CCC=O)nc(N2CCC2)c1=O.C[Si](C)(C)CCOCn1cc(CCCN[C@@H]2C[C@H]2c2ccc(F)cc2)nc(N2CCC2)c1=O.N[C@@H]1C[C@H]1c1ccc(F)cc1. The van der Waals surface area contributed by atoms with Crippen molar-refractivity contribution >= 4 is 34.1 Å². The van der Waals surface area contributed by atoms with Crippen molar-refractivity contribution in [2.75, 3.05) is 55.7 Å². The summed E-state index contributed by atoms with van der Waals surface area (Å²) in [6, 6.07) is 16.4. The third kappa shape index (κ3) is 16.7. The standard InChI is InChI=1S/C25H37FN4O2Si.C16H27N3O3Si.C9H10FN/c1-33(2,3)15-14-32-18-30-17-21(28-24(25(30)31)29-12-5-13-29)6-4-11-27-23-16-22(23)19-7-9-20(26)10-8-19;1-23(2,3)11-10-22-13-19-12-14(6-4-9-20)17-15(16(19)21)18-7-5-8-18;10-7-3-1-6(2-4-7)8-5-9(8)11/h7-10,17,22-23,27H,4-6,11-16,18H2,1-3H3;9,12H,4-8,10-11,13H2,1-3H3;1-4,8-9H,5,11H2/t22-,23+;;8-,9+/m0.0/s1. The molecule has 17 heteroatoms. The largest absolute Gasteiger partial charge is 0.361 e. The van der Waals surface area contributed by atoms with Gasteiger partial charge in [-0.3, -0.25) is 18.7 Å². The molecule has 0 radical (unpaired) electrons. The molecule has 4 heterocycles. The van der Waals surface area contributed by atoms with Gasteiger partial charge in [-0.1, -0.05) is 63.5 Å². The summed E-state index contributed by atoms with van der Waals surface area (Å²) in [5.74, 6) is 1.67. The number of nitrogens with one attached hydrogen (secondary N) is 1. The fraction of sp³-hybridized carbons (Fsp3) is 0.580. The minimum Gasteiger partial charge on any atom is -0.361 e. The Morgan fingerprint density at radius 1 is 0.701 bits per heavy atom. The highest BCUT2D eigenvalue weighted by atomic mass is 28.3. The summed E-state index contributed by atoms with van der Waals surface area (Å²) in [6.07, 6.45) is 11.6. The fourth-order valence-corrected chi connectivity index (χ4v) is 9.23. The summed E-state index contributed by atoms with van der Waals surface area (Å²) in [7, 11) is -2.29. The van der Waals surface area contributed by atoms with E-state index >= 15 is 0 Å². The summed E-state index contributed by atoms with van der Waals surface area (Å²) < 4.78 is 40.4. The van der Waals surface area contributed by atoms with Crippen molar-refractivity contribution in [1.29, 1.82) is 0 Å². The molecule has 0 spiro atoms. The van der Waals surface area contributed by atoms with E-state index in [1.807, 2.05) is 35.4 Å². The first-order valence-electron chi connectivity index (χ1n) is 24.3. The zero-order valence-electron chi connectivity index (χ0n) is 40.7. The van der Waals surface area contributed by atoms with E-state index in [1.165, 1.54) is 35.4 Å². The van der Waals surface area contributed by atoms with Crippen LogP contribution in [0.15, 0.2) is 70.5 Å². The molecule has 0 unspecified atom stereocenters. The Balaban J connectivity index is 0.000000187. The minimum absolute atomic E-state index is 0.0512. The van der Waals surface area contributed by atoms with Gasteiger partial charge in [-0.05, 0) is 99.0 Å². The lowest BCUT2D eigenvalue weighted by atomic mass is 10.1. The second-order valence-corrected chi connectivity index (χ2v) is 32.1. The third-order valence-electron chi connectivity index (χ3n) is 12.5. The highest BCUT2D eigenvalue weighted by molar-refractivity contribution is 6.76. The van der Waals surface area contributed by atoms with E-state index in [9.17, 15) is 23.2 Å². The number of nitrogens with zero attached hydrogens (tertiary/aromatic N) is 6. The molecule has 13 nitrogen and oxygen atoms in total. The number of benzene rings is 2. The van der Waals surface area contributed by atoms with Gasteiger partial charge in [0.2, 0.25) is 0 Å². The Morgan fingerprint density at radius 3 is 1.55 bits per heavy atom. The lowest BCUT2D eigenvalue weighted by Gasteiger charge is -2.31. The normalized spacial score (nSPS) is 19.6. The molecule has 4 aromatic rings. The van der Waals surface area contributed by atoms with Crippen molar-refractivity contribution < 1.29 is 23.0 Å². The van der Waals surface area contributed by atoms with Crippen LogP contribution in [0.5, 0.6) is 0 Å². The summed E-state index contributed by atoms with van der Waals surface area (Å²) in [5.41, 5.74) is 9.57. The number of hydrogen-bond donors (Lipinski definition) is 2. The van der Waals surface area contributed by atoms with E-state index < -0.39 is 16.1 Å². The van der Waals surface area contributed by atoms with Gasteiger partial charge in [0.05, 0.1) is 11.4 Å². The van der Waals surface area contributed by atoms with Crippen molar-refractivity contribution in [1.82, 2.24) is 24.4 Å². The number of aryl methyl sites for hydroxylation is 2. The van der Waals surface area contributed by atoms with E-state index in [2.05, 4.69) is 54.5 Å². The van der Waals surface area contributed by atoms with E-state index in [4.69, 9.17) is 20.2 Å². The first-order valence-corrected chi connectivity index (χ1v) is 31.7. The van der Waals surface area contributed by atoms with Crippen LogP contribution in [0.1, 0.15) is 72.9 Å². The summed E-state index contributed by atoms with van der Waals surface area (Å²) in [4.78, 5) is 49.3. The van der Waals surface area contributed by atoms with Crippen LogP contribution in [0.4, 0.5) is 20.4 Å². The van der Waals surface area contributed by atoms with E-state index in [-0.39, 0.29) is 29.5 Å². The quantitative estimate of drug-likeness (QED) is 0.0458. The van der Waals surface area contributed by atoms with E-state index in [0.29, 0.717) is 68.3 Å². The van der Waals surface area contributed by atoms with Crippen molar-refractivity contribution in [3.63, 3.8) is 0 Å². The van der Waals surface area contributed by atoms with Crippen molar-refractivity contribution in [3.05, 3.63) is 116 Å². The highest BCUT2D eigenvalue weighted by Crippen LogP contribution is 2.41. The number of anilines is 2. The van der Waals surface area contributed by atoms with Gasteiger partial charge in [0.1, 0.15) is 31.4 Å². The molecule has 2 saturated carbocycles. The summed E-state index contributed by atoms with van der Waals surface area (Å²) in [5, 5.41) is 3.61. The molecule has 4 aliphatic rings. The molecule has 67 heavy (non-hydrogen) atoms. The lowest BCUT2D eigenvalue weighted by molar-refractivity contribution is -0.107. The van der Waals surface area contributed by atoms with Crippen molar-refractivity contribution in [2.24, 2.45) is 5.73 Å². The molecular weight excluding hydrogens is 887 g/mol. The first kappa shape index (κ1) is 52.0. The van der Waals surface area contributed by atoms with Crippen molar-refractivity contribution in [3.8, 4) is 0 Å². The Morgan fingerprint density at radius 2 is 1.15 bits per heavy atom. The van der Waals surface area contributed by atoms with Gasteiger partial charge >= 0.3 is 0 Å². The van der Waals surface area contributed by atoms with E-state index in [1.54, 1.807) is 15.3 Å². The zero-order valence-corrected chi connectivity index (χ0v) is 42.7. The average molecular weight is 961 g/mol. The third-order valence-corrected chi connectivity index (χ3v) is 15.9. The van der Waals surface area contributed by atoms with Crippen LogP contribution in [0, 0.1) is 11.6 Å². The van der Waals surface area contributed by atoms with Gasteiger partial charge in [0.15, 0.2) is 11.6 Å². The Hall–Kier alpha value is -4.40. The predicted octanol–water partition coefficient (Wildman–Crippen LogP) is 7.52. The van der Waals surface area contributed by atoms with Gasteiger partial charge in [-0.15, -0.1) is 0 Å². The maximum absolute atomic E-state index is 13.1. The van der Waals surface area contributed by atoms with E-state index in [0.717, 1.165) is 101 Å². The molecule has 2 aliphatic heterocycles. The number of aldehydes is 1. The lowest BCUT2D eigenvalue weighted by Crippen LogP contribution is -2.43. The fourth-order valence-electron chi connectivity index (χ4n) is 7.71. The number of hydrogen-bond acceptors (Lipinski definition) is 11. The Labute approximate surface area is 397 Å². The Bertz CT molecular complexity index is 2310. The average Bonchev–Trinajstić information content (AvgIpc) is 4.18. The zero-order chi connectivity index (χ0) is 48.1. The van der Waals surface area contributed by atoms with Gasteiger partial charge in [0.25, 0.3) is 11.1 Å². The first-order chi connectivity index (χ1) is 32.0. The highest BCUT2D eigenvalue weighted by Gasteiger charge is 2.37. The van der Waals surface area contributed by atoms with Crippen LogP contribution in [-0.4, -0.2) is 99.6 Å². The maximum atomic E-state index is 13.1. The molecule has 4 fully saturated rings. The van der Waals surface area contributed by atoms with Gasteiger partial charge in [-0.25, -0.2) is 18.7 Å². The van der Waals surface area contributed by atoms with Crippen LogP contribution in [0.3, 0.4) is 0 Å². The molecule has 2 aliphatic carbocycles. The summed E-state index contributed by atoms with van der Waals surface area (Å²) >= 11 is 0. The molecule has 2 aromatic heterocycles. The molecule has 0 amide bonds. The minimum atomic E-state index is -1.16. The predicted molar refractivity (Wildman–Crippen MR) is 269 cm³/mol. The number of halogens is 2. The van der Waals surface area contributed by atoms with Crippen LogP contribution < -0.4 is 32.0 Å². The van der Waals surface area contributed by atoms with Crippen LogP contribution in [0.2, 0.25) is 51.4 Å².